The Bertz CT molecular complexity index is 1130. The number of hydrogen-bond donors (Lipinski definition) is 1. The van der Waals surface area contributed by atoms with Crippen molar-refractivity contribution in [3.8, 4) is 11.5 Å². The fourth-order valence-electron chi connectivity index (χ4n) is 4.93. The number of benzene rings is 2. The Morgan fingerprint density at radius 2 is 1.85 bits per heavy atom. The molecule has 1 amide bonds. The summed E-state index contributed by atoms with van der Waals surface area (Å²) in [7, 11) is 3.38. The smallest absolute Gasteiger partial charge is 0.229 e. The summed E-state index contributed by atoms with van der Waals surface area (Å²) in [6, 6.07) is 10.3. The third-order valence-electron chi connectivity index (χ3n) is 6.55. The molecule has 6 heteroatoms. The van der Waals surface area contributed by atoms with Gasteiger partial charge in [0.2, 0.25) is 5.91 Å². The van der Waals surface area contributed by atoms with E-state index in [1.54, 1.807) is 14.2 Å². The first-order chi connectivity index (χ1) is 14.9. The second kappa shape index (κ2) is 8.35. The molecule has 2 heterocycles. The van der Waals surface area contributed by atoms with Crippen LogP contribution in [0.3, 0.4) is 0 Å². The topological polar surface area (TPSA) is 59.9 Å². The van der Waals surface area contributed by atoms with E-state index in [4.69, 9.17) is 14.5 Å². The van der Waals surface area contributed by atoms with Crippen molar-refractivity contribution in [2.24, 2.45) is 4.99 Å². The molecule has 2 aliphatic heterocycles. The molecule has 0 aliphatic carbocycles. The second-order valence-electron chi connectivity index (χ2n) is 10.7. The Balaban J connectivity index is 0.00000306. The van der Waals surface area contributed by atoms with Gasteiger partial charge >= 0.3 is 0 Å². The van der Waals surface area contributed by atoms with Gasteiger partial charge in [-0.1, -0.05) is 18.2 Å². The number of carbonyl (C=O) groups is 1. The average Bonchev–Trinajstić information content (AvgIpc) is 3.05. The quantitative estimate of drug-likeness (QED) is 0.682. The van der Waals surface area contributed by atoms with Crippen LogP contribution in [-0.4, -0.2) is 36.9 Å². The minimum absolute atomic E-state index is 0. The first-order valence-electron chi connectivity index (χ1n) is 11.2. The molecule has 5 nitrogen and oxygen atoms in total. The molecular formula is C27H35ClN2O3. The van der Waals surface area contributed by atoms with Gasteiger partial charge in [0.1, 0.15) is 5.60 Å². The first kappa shape index (κ1) is 25.1. The summed E-state index contributed by atoms with van der Waals surface area (Å²) >= 11 is 0. The average molecular weight is 471 g/mol. The van der Waals surface area contributed by atoms with Crippen molar-refractivity contribution < 1.29 is 14.3 Å². The van der Waals surface area contributed by atoms with E-state index in [1.807, 2.05) is 26.0 Å². The number of nitrogens with zero attached hydrogens (tertiary/aromatic N) is 1. The number of methoxy groups -OCH3 is 1. The van der Waals surface area contributed by atoms with Crippen molar-refractivity contribution in [1.29, 1.82) is 0 Å². The van der Waals surface area contributed by atoms with Crippen LogP contribution in [0.5, 0.6) is 11.5 Å². The molecule has 2 aromatic rings. The third kappa shape index (κ3) is 4.35. The lowest BCUT2D eigenvalue weighted by Crippen LogP contribution is -2.38. The monoisotopic (exact) mass is 470 g/mol. The van der Waals surface area contributed by atoms with Crippen LogP contribution < -0.4 is 14.8 Å². The number of ether oxygens (including phenoxy) is 2. The van der Waals surface area contributed by atoms with E-state index in [0.29, 0.717) is 0 Å². The lowest BCUT2D eigenvalue weighted by molar-refractivity contribution is -0.125. The van der Waals surface area contributed by atoms with E-state index >= 15 is 0 Å². The maximum atomic E-state index is 12.5. The molecule has 0 unspecified atom stereocenters. The largest absolute Gasteiger partial charge is 0.493 e. The van der Waals surface area contributed by atoms with Crippen molar-refractivity contribution in [2.75, 3.05) is 14.2 Å². The molecule has 0 radical (unpaired) electrons. The van der Waals surface area contributed by atoms with Crippen molar-refractivity contribution in [3.63, 3.8) is 0 Å². The highest BCUT2D eigenvalue weighted by Crippen LogP contribution is 2.48. The van der Waals surface area contributed by atoms with E-state index in [0.717, 1.165) is 52.3 Å². The molecule has 4 rings (SSSR count). The predicted molar refractivity (Wildman–Crippen MR) is 136 cm³/mol. The van der Waals surface area contributed by atoms with Crippen LogP contribution in [-0.2, 0) is 23.1 Å². The summed E-state index contributed by atoms with van der Waals surface area (Å²) in [6.45, 7) is 12.4. The van der Waals surface area contributed by atoms with Crippen LogP contribution in [0.1, 0.15) is 69.4 Å². The summed E-state index contributed by atoms with van der Waals surface area (Å²) < 4.78 is 12.0. The summed E-state index contributed by atoms with van der Waals surface area (Å²) in [4.78, 5) is 17.8. The Morgan fingerprint density at radius 1 is 1.15 bits per heavy atom. The van der Waals surface area contributed by atoms with Gasteiger partial charge < -0.3 is 14.8 Å². The summed E-state index contributed by atoms with van der Waals surface area (Å²) in [5, 5.41) is 2.79. The summed E-state index contributed by atoms with van der Waals surface area (Å²) in [6.07, 6.45) is 1.63. The van der Waals surface area contributed by atoms with Crippen LogP contribution in [0.4, 0.5) is 0 Å². The minimum atomic E-state index is -0.648. The Labute approximate surface area is 203 Å². The highest BCUT2D eigenvalue weighted by atomic mass is 35.5. The lowest BCUT2D eigenvalue weighted by atomic mass is 9.79. The van der Waals surface area contributed by atoms with Gasteiger partial charge in [-0.3, -0.25) is 9.79 Å². The normalized spacial score (nSPS) is 17.6. The molecule has 0 atom stereocenters. The number of hydrogen-bond acceptors (Lipinski definition) is 4. The van der Waals surface area contributed by atoms with Gasteiger partial charge in [-0.15, -0.1) is 12.4 Å². The first-order valence-corrected chi connectivity index (χ1v) is 11.2. The highest BCUT2D eigenvalue weighted by molar-refractivity contribution is 6.16. The van der Waals surface area contributed by atoms with Crippen LogP contribution >= 0.6 is 12.4 Å². The van der Waals surface area contributed by atoms with Gasteiger partial charge in [-0.2, -0.15) is 0 Å². The molecule has 0 fully saturated rings. The van der Waals surface area contributed by atoms with Gasteiger partial charge in [0.25, 0.3) is 0 Å². The molecule has 0 spiro atoms. The van der Waals surface area contributed by atoms with E-state index in [2.05, 4.69) is 51.2 Å². The number of rotatable bonds is 4. The fourth-order valence-corrected chi connectivity index (χ4v) is 4.93. The molecule has 33 heavy (non-hydrogen) atoms. The van der Waals surface area contributed by atoms with Crippen LogP contribution in [0.2, 0.25) is 0 Å². The number of carbonyl (C=O) groups excluding carboxylic acids is 1. The molecule has 0 saturated carbocycles. The van der Waals surface area contributed by atoms with Gasteiger partial charge in [0.15, 0.2) is 11.5 Å². The van der Waals surface area contributed by atoms with E-state index in [1.165, 1.54) is 5.56 Å². The van der Waals surface area contributed by atoms with E-state index in [-0.39, 0.29) is 29.5 Å². The van der Waals surface area contributed by atoms with Crippen molar-refractivity contribution in [1.82, 2.24) is 5.32 Å². The van der Waals surface area contributed by atoms with Gasteiger partial charge in [0.05, 0.1) is 23.8 Å². The zero-order valence-electron chi connectivity index (χ0n) is 20.9. The fraction of sp³-hybridized carbons (Fsp3) is 0.481. The van der Waals surface area contributed by atoms with Crippen LogP contribution in [0.15, 0.2) is 35.3 Å². The third-order valence-corrected chi connectivity index (χ3v) is 6.55. The highest BCUT2D eigenvalue weighted by Gasteiger charge is 2.40. The molecule has 0 aromatic heterocycles. The maximum absolute atomic E-state index is 12.5. The molecule has 0 saturated heterocycles. The minimum Gasteiger partial charge on any atom is -0.493 e. The Morgan fingerprint density at radius 3 is 2.48 bits per heavy atom. The molecule has 2 aliphatic rings. The van der Waals surface area contributed by atoms with Crippen molar-refractivity contribution in [2.45, 2.75) is 70.9 Å². The van der Waals surface area contributed by atoms with Crippen LogP contribution in [0.25, 0.3) is 0 Å². The van der Waals surface area contributed by atoms with Crippen molar-refractivity contribution in [3.05, 3.63) is 58.1 Å². The SMILES string of the molecule is CNC(=O)C(C)(C)c1cccc(C2=NC(C)(C)Cc3cc(OC)c4c(c32)CC(C)(C)O4)c1.Cl. The molecular weight excluding hydrogens is 436 g/mol. The molecule has 0 bridgehead atoms. The van der Waals surface area contributed by atoms with Gasteiger partial charge in [-0.25, -0.2) is 0 Å². The lowest BCUT2D eigenvalue weighted by Gasteiger charge is -2.31. The molecule has 2 aromatic carbocycles. The Kier molecular flexibility index (Phi) is 6.35. The van der Waals surface area contributed by atoms with E-state index < -0.39 is 5.41 Å². The Hall–Kier alpha value is -2.53. The summed E-state index contributed by atoms with van der Waals surface area (Å²) in [5.41, 5.74) is 5.29. The molecule has 178 valence electrons. The number of fused-ring (bicyclic) bond motifs is 3. The number of halogens is 1. The number of aliphatic imine (C=N–C) groups is 1. The summed E-state index contributed by atoms with van der Waals surface area (Å²) in [5.74, 6) is 1.60. The van der Waals surface area contributed by atoms with Crippen LogP contribution in [0, 0.1) is 0 Å². The zero-order valence-corrected chi connectivity index (χ0v) is 21.7. The van der Waals surface area contributed by atoms with Gasteiger partial charge in [-0.05, 0) is 71.2 Å². The van der Waals surface area contributed by atoms with Crippen molar-refractivity contribution >= 4 is 24.0 Å². The maximum Gasteiger partial charge on any atom is 0.229 e. The number of nitrogens with one attached hydrogen (secondary N) is 1. The van der Waals surface area contributed by atoms with E-state index in [9.17, 15) is 4.79 Å². The number of amides is 1. The standard InChI is InChI=1S/C27H34N2O3.ClH/c1-25(2)14-17-13-20(31-8)23-19(15-26(3,4)32-23)21(17)22(29-25)16-10-9-11-18(12-16)27(5,6)24(30)28-7;/h9-13H,14-15H2,1-8H3,(H,28,30);1H. The number of likely N-dealkylation sites (N-methyl/N-ethyl adjacent to an activating group) is 1. The molecule has 1 N–H and O–H groups in total. The van der Waals surface area contributed by atoms with Gasteiger partial charge in [0, 0.05) is 30.2 Å². The predicted octanol–water partition coefficient (Wildman–Crippen LogP) is 5.03. The zero-order chi connectivity index (χ0) is 23.5. The second-order valence-corrected chi connectivity index (χ2v) is 10.7.